The third kappa shape index (κ3) is 5.87. The zero-order chi connectivity index (χ0) is 28.8. The molecule has 4 nitrogen and oxygen atoms in total. The van der Waals surface area contributed by atoms with Crippen LogP contribution >= 0.6 is 11.3 Å². The van der Waals surface area contributed by atoms with Crippen LogP contribution in [-0.2, 0) is 16.6 Å². The van der Waals surface area contributed by atoms with E-state index in [0.29, 0.717) is 11.3 Å². The highest BCUT2D eigenvalue weighted by molar-refractivity contribution is 7.84. The SMILES string of the molecule is C=C(C)c1ccccc1[C@@H](NS(=O)C(C)(C)C)c1cc2cccc(-c3cc([C@](C)(O)C(F)(F)F)ccn3)c2s1. The first-order chi connectivity index (χ1) is 18.1. The van der Waals surface area contributed by atoms with Crippen LogP contribution in [0.15, 0.2) is 73.4 Å². The second-order valence-corrected chi connectivity index (χ2v) is 13.8. The Morgan fingerprint density at radius 2 is 1.74 bits per heavy atom. The molecule has 0 amide bonds. The minimum atomic E-state index is -4.84. The number of nitrogens with zero attached hydrogens (tertiary/aromatic N) is 1. The van der Waals surface area contributed by atoms with Gasteiger partial charge in [0.2, 0.25) is 0 Å². The number of benzene rings is 2. The molecular weight excluding hydrogens is 541 g/mol. The van der Waals surface area contributed by atoms with E-state index in [9.17, 15) is 22.5 Å². The molecule has 0 aliphatic rings. The quantitative estimate of drug-likeness (QED) is 0.237. The fraction of sp³-hybridized carbons (Fsp3) is 0.300. The number of allylic oxidation sites excluding steroid dienone is 1. The molecule has 0 aliphatic carbocycles. The molecule has 0 bridgehead atoms. The molecule has 1 unspecified atom stereocenters. The van der Waals surface area contributed by atoms with Gasteiger partial charge in [0.05, 0.1) is 27.5 Å². The van der Waals surface area contributed by atoms with Crippen molar-refractivity contribution < 1.29 is 22.5 Å². The molecule has 2 heterocycles. The highest BCUT2D eigenvalue weighted by Crippen LogP contribution is 2.42. The number of aliphatic hydroxyl groups is 1. The Bertz CT molecular complexity index is 1550. The number of alkyl halides is 3. The van der Waals surface area contributed by atoms with Crippen LogP contribution < -0.4 is 4.72 Å². The van der Waals surface area contributed by atoms with E-state index < -0.39 is 33.6 Å². The van der Waals surface area contributed by atoms with E-state index in [1.807, 2.05) is 70.2 Å². The molecule has 206 valence electrons. The normalized spacial score (nSPS) is 15.6. The predicted octanol–water partition coefficient (Wildman–Crippen LogP) is 7.91. The van der Waals surface area contributed by atoms with E-state index in [2.05, 4.69) is 16.3 Å². The van der Waals surface area contributed by atoms with Crippen LogP contribution in [0.2, 0.25) is 0 Å². The zero-order valence-electron chi connectivity index (χ0n) is 22.4. The van der Waals surface area contributed by atoms with Crippen LogP contribution in [0.3, 0.4) is 0 Å². The molecule has 4 aromatic rings. The van der Waals surface area contributed by atoms with Gasteiger partial charge >= 0.3 is 6.18 Å². The lowest BCUT2D eigenvalue weighted by Crippen LogP contribution is -2.39. The van der Waals surface area contributed by atoms with Gasteiger partial charge in [0.15, 0.2) is 5.60 Å². The summed E-state index contributed by atoms with van der Waals surface area (Å²) in [5, 5.41) is 11.1. The number of fused-ring (bicyclic) bond motifs is 1. The Morgan fingerprint density at radius 3 is 2.38 bits per heavy atom. The van der Waals surface area contributed by atoms with Crippen molar-refractivity contribution in [3.63, 3.8) is 0 Å². The van der Waals surface area contributed by atoms with E-state index in [1.165, 1.54) is 29.7 Å². The number of rotatable bonds is 7. The highest BCUT2D eigenvalue weighted by atomic mass is 32.2. The maximum Gasteiger partial charge on any atom is 0.421 e. The summed E-state index contributed by atoms with van der Waals surface area (Å²) in [7, 11) is -1.39. The van der Waals surface area contributed by atoms with Crippen LogP contribution in [0.5, 0.6) is 0 Å². The van der Waals surface area contributed by atoms with E-state index in [1.54, 1.807) is 6.07 Å². The minimum Gasteiger partial charge on any atom is -0.376 e. The molecule has 0 saturated carbocycles. The monoisotopic (exact) mass is 572 g/mol. The standard InChI is InChI=1S/C30H31F3N2O2S2/c1-18(2)21-11-7-8-12-22(21)26(35-39(37)28(3,4)5)25-16-19-10-9-13-23(27(19)38-25)24-17-20(14-15-34-24)29(6,36)30(31,32)33/h7-17,26,35-36H,1H2,2-6H3/t26-,29+,39?/m1/s1. The summed E-state index contributed by atoms with van der Waals surface area (Å²) in [5.41, 5.74) is 0.410. The van der Waals surface area contributed by atoms with Crippen LogP contribution in [0, 0.1) is 0 Å². The van der Waals surface area contributed by atoms with Crippen molar-refractivity contribution in [1.82, 2.24) is 9.71 Å². The summed E-state index contributed by atoms with van der Waals surface area (Å²) in [5.74, 6) is 0. The van der Waals surface area contributed by atoms with E-state index in [-0.39, 0.29) is 5.56 Å². The van der Waals surface area contributed by atoms with Gasteiger partial charge in [0, 0.05) is 21.3 Å². The smallest absolute Gasteiger partial charge is 0.376 e. The molecule has 0 saturated heterocycles. The topological polar surface area (TPSA) is 62.2 Å². The summed E-state index contributed by atoms with van der Waals surface area (Å²) in [6.45, 7) is 12.5. The maximum absolute atomic E-state index is 13.5. The summed E-state index contributed by atoms with van der Waals surface area (Å²) in [4.78, 5) is 5.23. The van der Waals surface area contributed by atoms with Gasteiger partial charge in [-0.1, -0.05) is 54.6 Å². The summed E-state index contributed by atoms with van der Waals surface area (Å²) >= 11 is 1.46. The highest BCUT2D eigenvalue weighted by Gasteiger charge is 2.51. The van der Waals surface area contributed by atoms with Gasteiger partial charge in [-0.15, -0.1) is 11.3 Å². The van der Waals surface area contributed by atoms with Gasteiger partial charge in [-0.05, 0) is 74.9 Å². The first-order valence-electron chi connectivity index (χ1n) is 12.3. The maximum atomic E-state index is 13.5. The van der Waals surface area contributed by atoms with Crippen LogP contribution in [0.4, 0.5) is 13.2 Å². The number of pyridine rings is 1. The Balaban J connectivity index is 1.88. The minimum absolute atomic E-state index is 0.288. The molecule has 0 fully saturated rings. The fourth-order valence-electron chi connectivity index (χ4n) is 4.17. The van der Waals surface area contributed by atoms with Crippen LogP contribution in [-0.4, -0.2) is 25.2 Å². The molecule has 39 heavy (non-hydrogen) atoms. The third-order valence-electron chi connectivity index (χ3n) is 6.51. The lowest BCUT2D eigenvalue weighted by atomic mass is 9.94. The number of hydrogen-bond donors (Lipinski definition) is 2. The molecule has 2 aromatic heterocycles. The second kappa shape index (κ2) is 10.6. The average molecular weight is 573 g/mol. The number of aromatic nitrogens is 1. The van der Waals surface area contributed by atoms with Crippen molar-refractivity contribution in [2.45, 2.75) is 57.2 Å². The third-order valence-corrected chi connectivity index (χ3v) is 9.32. The van der Waals surface area contributed by atoms with Crippen molar-refractivity contribution >= 4 is 38.0 Å². The zero-order valence-corrected chi connectivity index (χ0v) is 24.0. The lowest BCUT2D eigenvalue weighted by Gasteiger charge is -2.26. The molecule has 4 rings (SSSR count). The molecule has 2 aromatic carbocycles. The van der Waals surface area contributed by atoms with E-state index in [4.69, 9.17) is 0 Å². The molecule has 0 radical (unpaired) electrons. The molecule has 0 aliphatic heterocycles. The largest absolute Gasteiger partial charge is 0.421 e. The van der Waals surface area contributed by atoms with Gasteiger partial charge in [0.25, 0.3) is 0 Å². The summed E-state index contributed by atoms with van der Waals surface area (Å²) in [6.07, 6.45) is -3.57. The Labute approximate surface area is 233 Å². The number of halogens is 3. The first kappa shape index (κ1) is 29.1. The van der Waals surface area contributed by atoms with Crippen molar-refractivity contribution in [3.8, 4) is 11.3 Å². The van der Waals surface area contributed by atoms with E-state index in [0.717, 1.165) is 38.6 Å². The summed E-state index contributed by atoms with van der Waals surface area (Å²) in [6, 6.07) is 17.4. The Hall–Kier alpha value is -2.85. The van der Waals surface area contributed by atoms with Crippen molar-refractivity contribution in [1.29, 1.82) is 0 Å². The Kier molecular flexibility index (Phi) is 7.93. The van der Waals surface area contributed by atoms with Crippen molar-refractivity contribution in [2.24, 2.45) is 0 Å². The van der Waals surface area contributed by atoms with E-state index >= 15 is 0 Å². The average Bonchev–Trinajstić information content (AvgIpc) is 3.30. The fourth-order valence-corrected chi connectivity index (χ4v) is 6.32. The molecule has 3 atom stereocenters. The van der Waals surface area contributed by atoms with Gasteiger partial charge in [-0.3, -0.25) is 4.98 Å². The second-order valence-electron chi connectivity index (χ2n) is 10.7. The molecule has 0 spiro atoms. The summed E-state index contributed by atoms with van der Waals surface area (Å²) < 4.78 is 57.5. The molecule has 2 N–H and O–H groups in total. The predicted molar refractivity (Wildman–Crippen MR) is 155 cm³/mol. The first-order valence-corrected chi connectivity index (χ1v) is 14.3. The number of nitrogens with one attached hydrogen (secondary N) is 1. The van der Waals surface area contributed by atoms with Gasteiger partial charge < -0.3 is 5.11 Å². The van der Waals surface area contributed by atoms with Crippen LogP contribution in [0.1, 0.15) is 62.2 Å². The number of thiophene rings is 1. The van der Waals surface area contributed by atoms with Crippen molar-refractivity contribution in [3.05, 3.63) is 95.0 Å². The Morgan fingerprint density at radius 1 is 1.05 bits per heavy atom. The lowest BCUT2D eigenvalue weighted by molar-refractivity contribution is -0.258. The van der Waals surface area contributed by atoms with Crippen molar-refractivity contribution in [2.75, 3.05) is 0 Å². The van der Waals surface area contributed by atoms with Crippen LogP contribution in [0.25, 0.3) is 26.9 Å². The van der Waals surface area contributed by atoms with Gasteiger partial charge in [0.1, 0.15) is 0 Å². The van der Waals surface area contributed by atoms with Gasteiger partial charge in [-0.2, -0.15) is 13.2 Å². The molecular formula is C30H31F3N2O2S2. The number of hydrogen-bond acceptors (Lipinski definition) is 4. The molecule has 9 heteroatoms. The van der Waals surface area contributed by atoms with Gasteiger partial charge in [-0.25, -0.2) is 8.93 Å².